The maximum Gasteiger partial charge on any atom is 0.267 e. The van der Waals surface area contributed by atoms with Gasteiger partial charge in [-0.3, -0.25) is 4.79 Å². The molecule has 1 aromatic rings. The highest BCUT2D eigenvalue weighted by Gasteiger charge is 2.27. The lowest BCUT2D eigenvalue weighted by Crippen LogP contribution is -2.42. The smallest absolute Gasteiger partial charge is 0.267 e. The van der Waals surface area contributed by atoms with Gasteiger partial charge in [-0.2, -0.15) is 16.9 Å². The molecule has 0 spiro atoms. The van der Waals surface area contributed by atoms with E-state index in [1.54, 1.807) is 10.7 Å². The molecule has 23 heavy (non-hydrogen) atoms. The summed E-state index contributed by atoms with van der Waals surface area (Å²) in [5, 5.41) is 8.47. The van der Waals surface area contributed by atoms with Crippen molar-refractivity contribution in [2.24, 2.45) is 0 Å². The quantitative estimate of drug-likeness (QED) is 0.914. The van der Waals surface area contributed by atoms with E-state index in [4.69, 9.17) is 4.74 Å². The largest absolute Gasteiger partial charge is 0.376 e. The third-order valence-corrected chi connectivity index (χ3v) is 6.47. The number of nitrogens with zero attached hydrogens (tertiary/aromatic N) is 2. The third-order valence-electron chi connectivity index (χ3n) is 5.31. The van der Waals surface area contributed by atoms with Crippen LogP contribution >= 0.6 is 11.8 Å². The average Bonchev–Trinajstić information content (AvgIpc) is 3.08. The Bertz CT molecular complexity index is 604. The van der Waals surface area contributed by atoms with Gasteiger partial charge in [0.05, 0.1) is 24.9 Å². The summed E-state index contributed by atoms with van der Waals surface area (Å²) in [5.41, 5.74) is 2.07. The second-order valence-corrected chi connectivity index (χ2v) is 8.08. The normalized spacial score (nSPS) is 31.0. The Hall–Kier alpha value is -0.850. The maximum absolute atomic E-state index is 12.4. The van der Waals surface area contributed by atoms with Crippen LogP contribution < -0.4 is 10.9 Å². The molecule has 3 aliphatic rings. The van der Waals surface area contributed by atoms with Crippen LogP contribution in [0.1, 0.15) is 49.4 Å². The Morgan fingerprint density at radius 2 is 2.09 bits per heavy atom. The molecule has 1 saturated carbocycles. The predicted molar refractivity (Wildman–Crippen MR) is 92.0 cm³/mol. The number of aromatic nitrogens is 2. The summed E-state index contributed by atoms with van der Waals surface area (Å²) in [6.07, 6.45) is 6.55. The van der Waals surface area contributed by atoms with E-state index in [1.807, 2.05) is 0 Å². The molecule has 4 rings (SSSR count). The van der Waals surface area contributed by atoms with Gasteiger partial charge in [-0.15, -0.1) is 0 Å². The van der Waals surface area contributed by atoms with Gasteiger partial charge in [0.1, 0.15) is 0 Å². The zero-order valence-corrected chi connectivity index (χ0v) is 14.3. The van der Waals surface area contributed by atoms with Gasteiger partial charge < -0.3 is 10.1 Å². The monoisotopic (exact) mass is 335 g/mol. The maximum atomic E-state index is 12.4. The first-order valence-corrected chi connectivity index (χ1v) is 9.98. The molecule has 3 heterocycles. The lowest BCUT2D eigenvalue weighted by Gasteiger charge is -2.31. The van der Waals surface area contributed by atoms with Crippen molar-refractivity contribution < 1.29 is 4.74 Å². The predicted octanol–water partition coefficient (Wildman–Crippen LogP) is 1.89. The van der Waals surface area contributed by atoms with Crippen molar-refractivity contribution in [1.29, 1.82) is 0 Å². The topological polar surface area (TPSA) is 56.2 Å². The molecule has 1 N–H and O–H groups in total. The van der Waals surface area contributed by atoms with E-state index in [-0.39, 0.29) is 11.6 Å². The molecule has 1 atom stereocenters. The van der Waals surface area contributed by atoms with Crippen molar-refractivity contribution in [3.05, 3.63) is 27.7 Å². The molecule has 6 heteroatoms. The van der Waals surface area contributed by atoms with Crippen LogP contribution in [0.3, 0.4) is 0 Å². The van der Waals surface area contributed by atoms with Gasteiger partial charge in [0.2, 0.25) is 0 Å². The Labute approximate surface area is 141 Å². The molecule has 0 aromatic carbocycles. The van der Waals surface area contributed by atoms with Gasteiger partial charge in [0, 0.05) is 35.9 Å². The zero-order chi connectivity index (χ0) is 15.6. The van der Waals surface area contributed by atoms with E-state index in [9.17, 15) is 4.79 Å². The van der Waals surface area contributed by atoms with Crippen molar-refractivity contribution >= 4 is 11.8 Å². The fourth-order valence-electron chi connectivity index (χ4n) is 3.98. The second kappa shape index (κ2) is 6.95. The molecule has 1 aliphatic carbocycles. The molecular formula is C17H25N3O2S. The van der Waals surface area contributed by atoms with Crippen LogP contribution in [-0.4, -0.2) is 40.0 Å². The van der Waals surface area contributed by atoms with Gasteiger partial charge in [-0.1, -0.05) is 0 Å². The number of ether oxygens (including phenoxy) is 1. The van der Waals surface area contributed by atoms with Crippen LogP contribution in [0.15, 0.2) is 10.9 Å². The van der Waals surface area contributed by atoms with Crippen molar-refractivity contribution in [3.63, 3.8) is 0 Å². The zero-order valence-electron chi connectivity index (χ0n) is 13.5. The minimum Gasteiger partial charge on any atom is -0.376 e. The van der Waals surface area contributed by atoms with E-state index in [2.05, 4.69) is 22.2 Å². The Morgan fingerprint density at radius 1 is 1.22 bits per heavy atom. The molecule has 0 amide bonds. The third kappa shape index (κ3) is 3.49. The molecule has 1 unspecified atom stereocenters. The van der Waals surface area contributed by atoms with Crippen LogP contribution in [-0.2, 0) is 17.8 Å². The first-order chi connectivity index (χ1) is 11.3. The summed E-state index contributed by atoms with van der Waals surface area (Å²) in [5.74, 6) is 2.55. The van der Waals surface area contributed by atoms with Crippen LogP contribution in [0.2, 0.25) is 0 Å². The van der Waals surface area contributed by atoms with E-state index >= 15 is 0 Å². The van der Waals surface area contributed by atoms with E-state index in [0.717, 1.165) is 43.4 Å². The standard InChI is InChI=1S/C17H25N3O2S/c21-17-9-12-10-22-7-5-16(12)19-20(17)15-3-1-13(2-4-15)18-14-6-8-23-11-14/h9,13-15,18H,1-8,10-11H2. The average molecular weight is 335 g/mol. The van der Waals surface area contributed by atoms with Crippen LogP contribution in [0.25, 0.3) is 0 Å². The van der Waals surface area contributed by atoms with E-state index in [1.165, 1.54) is 17.9 Å². The lowest BCUT2D eigenvalue weighted by molar-refractivity contribution is 0.107. The van der Waals surface area contributed by atoms with E-state index in [0.29, 0.717) is 25.3 Å². The highest BCUT2D eigenvalue weighted by Crippen LogP contribution is 2.29. The SMILES string of the molecule is O=c1cc2c(nn1C1CCC(NC3CCSC3)CC1)CCOC2. The first-order valence-electron chi connectivity index (χ1n) is 8.83. The molecule has 0 radical (unpaired) electrons. The number of rotatable bonds is 3. The molecular weight excluding hydrogens is 310 g/mol. The second-order valence-electron chi connectivity index (χ2n) is 6.93. The summed E-state index contributed by atoms with van der Waals surface area (Å²) in [6.45, 7) is 1.25. The highest BCUT2D eigenvalue weighted by molar-refractivity contribution is 7.99. The van der Waals surface area contributed by atoms with Crippen molar-refractivity contribution in [1.82, 2.24) is 15.1 Å². The van der Waals surface area contributed by atoms with Crippen LogP contribution in [0.4, 0.5) is 0 Å². The first kappa shape index (κ1) is 15.7. The summed E-state index contributed by atoms with van der Waals surface area (Å²) in [4.78, 5) is 12.4. The number of fused-ring (bicyclic) bond motifs is 1. The summed E-state index contributed by atoms with van der Waals surface area (Å²) in [6, 6.07) is 3.33. The Morgan fingerprint density at radius 3 is 2.87 bits per heavy atom. The van der Waals surface area contributed by atoms with Gasteiger partial charge in [-0.05, 0) is 37.9 Å². The van der Waals surface area contributed by atoms with Gasteiger partial charge >= 0.3 is 0 Å². The fourth-order valence-corrected chi connectivity index (χ4v) is 5.14. The summed E-state index contributed by atoms with van der Waals surface area (Å²) < 4.78 is 7.17. The number of thioether (sulfide) groups is 1. The van der Waals surface area contributed by atoms with Crippen molar-refractivity contribution in [2.75, 3.05) is 18.1 Å². The molecule has 2 fully saturated rings. The van der Waals surface area contributed by atoms with E-state index < -0.39 is 0 Å². The lowest BCUT2D eigenvalue weighted by atomic mass is 9.90. The minimum atomic E-state index is 0.0397. The van der Waals surface area contributed by atoms with Gasteiger partial charge in [0.15, 0.2) is 0 Å². The van der Waals surface area contributed by atoms with Crippen molar-refractivity contribution in [2.45, 2.75) is 63.3 Å². The molecule has 0 bridgehead atoms. The summed E-state index contributed by atoms with van der Waals surface area (Å²) in [7, 11) is 0. The summed E-state index contributed by atoms with van der Waals surface area (Å²) >= 11 is 2.06. The van der Waals surface area contributed by atoms with Crippen LogP contribution in [0, 0.1) is 0 Å². The molecule has 1 saturated heterocycles. The number of nitrogens with one attached hydrogen (secondary N) is 1. The Balaban J connectivity index is 1.41. The molecule has 5 nitrogen and oxygen atoms in total. The molecule has 2 aliphatic heterocycles. The molecule has 126 valence electrons. The number of hydrogen-bond acceptors (Lipinski definition) is 5. The molecule has 1 aromatic heterocycles. The van der Waals surface area contributed by atoms with Gasteiger partial charge in [-0.25, -0.2) is 4.68 Å². The van der Waals surface area contributed by atoms with Crippen LogP contribution in [0.5, 0.6) is 0 Å². The van der Waals surface area contributed by atoms with Gasteiger partial charge in [0.25, 0.3) is 5.56 Å². The minimum absolute atomic E-state index is 0.0397. The Kier molecular flexibility index (Phi) is 4.73. The highest BCUT2D eigenvalue weighted by atomic mass is 32.2. The van der Waals surface area contributed by atoms with Crippen molar-refractivity contribution in [3.8, 4) is 0 Å². The fraction of sp³-hybridized carbons (Fsp3) is 0.765. The number of hydrogen-bond donors (Lipinski definition) is 1.